The Labute approximate surface area is 187 Å². The van der Waals surface area contributed by atoms with Gasteiger partial charge >= 0.3 is 0 Å². The van der Waals surface area contributed by atoms with Gasteiger partial charge in [0.15, 0.2) is 10.9 Å². The molecule has 0 bridgehead atoms. The molecule has 10 heteroatoms. The van der Waals surface area contributed by atoms with Gasteiger partial charge in [-0.25, -0.2) is 8.78 Å². The van der Waals surface area contributed by atoms with E-state index in [0.717, 1.165) is 0 Å². The summed E-state index contributed by atoms with van der Waals surface area (Å²) in [6, 6.07) is 12.8. The number of nitrogens with zero attached hydrogens (tertiary/aromatic N) is 4. The molecule has 2 aromatic carbocycles. The standard InChI is InChI=1S/C21H17ClF2N6S/c22-17-5-3-7-19(24)16(17)13-30-12-15(10-25-30)26-21(31)27-20-8-9-29(28-20)11-14-4-1-2-6-18(14)23/h1-10,12H,11,13H2,(H2,26,27,28,31). The molecule has 31 heavy (non-hydrogen) atoms. The summed E-state index contributed by atoms with van der Waals surface area (Å²) < 4.78 is 30.9. The fourth-order valence-electron chi connectivity index (χ4n) is 2.96. The van der Waals surface area contributed by atoms with Crippen LogP contribution in [0.3, 0.4) is 0 Å². The van der Waals surface area contributed by atoms with Crippen LogP contribution in [0.2, 0.25) is 5.02 Å². The Morgan fingerprint density at radius 3 is 2.58 bits per heavy atom. The van der Waals surface area contributed by atoms with Crippen LogP contribution >= 0.6 is 23.8 Å². The van der Waals surface area contributed by atoms with E-state index in [4.69, 9.17) is 23.8 Å². The van der Waals surface area contributed by atoms with E-state index < -0.39 is 0 Å². The fraction of sp³-hybridized carbons (Fsp3) is 0.0952. The molecule has 2 heterocycles. The van der Waals surface area contributed by atoms with Crippen molar-refractivity contribution in [1.29, 1.82) is 0 Å². The quantitative estimate of drug-likeness (QED) is 0.402. The molecule has 0 radical (unpaired) electrons. The van der Waals surface area contributed by atoms with Crippen LogP contribution < -0.4 is 10.6 Å². The Morgan fingerprint density at radius 1 is 0.968 bits per heavy atom. The first-order valence-corrected chi connectivity index (χ1v) is 10.1. The second kappa shape index (κ2) is 9.23. The van der Waals surface area contributed by atoms with E-state index in [-0.39, 0.29) is 18.2 Å². The van der Waals surface area contributed by atoms with Gasteiger partial charge in [-0.1, -0.05) is 35.9 Å². The predicted octanol–water partition coefficient (Wildman–Crippen LogP) is 4.92. The molecule has 0 aliphatic rings. The molecule has 0 fully saturated rings. The molecule has 158 valence electrons. The molecule has 0 spiro atoms. The van der Waals surface area contributed by atoms with E-state index in [2.05, 4.69) is 20.8 Å². The Bertz CT molecular complexity index is 1200. The number of rotatable bonds is 6. The lowest BCUT2D eigenvalue weighted by atomic mass is 10.2. The van der Waals surface area contributed by atoms with Crippen molar-refractivity contribution in [2.45, 2.75) is 13.1 Å². The van der Waals surface area contributed by atoms with Crippen LogP contribution in [0.4, 0.5) is 20.3 Å². The first-order chi connectivity index (χ1) is 15.0. The van der Waals surface area contributed by atoms with Crippen molar-refractivity contribution in [2.75, 3.05) is 10.6 Å². The zero-order valence-corrected chi connectivity index (χ0v) is 17.7. The maximum absolute atomic E-state index is 14.0. The van der Waals surface area contributed by atoms with E-state index in [1.165, 1.54) is 12.1 Å². The second-order valence-corrected chi connectivity index (χ2v) is 7.51. The lowest BCUT2D eigenvalue weighted by Gasteiger charge is -2.07. The van der Waals surface area contributed by atoms with Gasteiger partial charge < -0.3 is 10.6 Å². The summed E-state index contributed by atoms with van der Waals surface area (Å²) in [4.78, 5) is 0. The molecule has 0 atom stereocenters. The normalized spacial score (nSPS) is 10.8. The van der Waals surface area contributed by atoms with Gasteiger partial charge in [-0.3, -0.25) is 9.36 Å². The lowest BCUT2D eigenvalue weighted by Crippen LogP contribution is -2.19. The largest absolute Gasteiger partial charge is 0.330 e. The summed E-state index contributed by atoms with van der Waals surface area (Å²) >= 11 is 11.4. The van der Waals surface area contributed by atoms with Gasteiger partial charge in [0.2, 0.25) is 0 Å². The van der Waals surface area contributed by atoms with Gasteiger partial charge in [0, 0.05) is 34.6 Å². The number of halogens is 3. The van der Waals surface area contributed by atoms with Crippen molar-refractivity contribution in [3.63, 3.8) is 0 Å². The Balaban J connectivity index is 1.35. The third-order valence-electron chi connectivity index (χ3n) is 4.45. The molecule has 0 saturated carbocycles. The van der Waals surface area contributed by atoms with Crippen LogP contribution in [0, 0.1) is 11.6 Å². The number of aromatic nitrogens is 4. The fourth-order valence-corrected chi connectivity index (χ4v) is 3.40. The van der Waals surface area contributed by atoms with Gasteiger partial charge in [0.25, 0.3) is 0 Å². The summed E-state index contributed by atoms with van der Waals surface area (Å²) in [5, 5.41) is 15.1. The highest BCUT2D eigenvalue weighted by Crippen LogP contribution is 2.20. The Morgan fingerprint density at radius 2 is 1.77 bits per heavy atom. The number of anilines is 2. The molecule has 2 aromatic heterocycles. The van der Waals surface area contributed by atoms with E-state index >= 15 is 0 Å². The lowest BCUT2D eigenvalue weighted by molar-refractivity contribution is 0.585. The van der Waals surface area contributed by atoms with E-state index in [1.807, 2.05) is 0 Å². The highest BCUT2D eigenvalue weighted by molar-refractivity contribution is 7.80. The first kappa shape index (κ1) is 21.0. The maximum Gasteiger partial charge on any atom is 0.176 e. The highest BCUT2D eigenvalue weighted by atomic mass is 35.5. The van der Waals surface area contributed by atoms with Crippen molar-refractivity contribution in [2.24, 2.45) is 0 Å². The Hall–Kier alpha value is -3.30. The van der Waals surface area contributed by atoms with E-state index in [1.54, 1.807) is 64.4 Å². The predicted molar refractivity (Wildman–Crippen MR) is 120 cm³/mol. The highest BCUT2D eigenvalue weighted by Gasteiger charge is 2.10. The van der Waals surface area contributed by atoms with Gasteiger partial charge in [0.05, 0.1) is 25.0 Å². The number of hydrogen-bond acceptors (Lipinski definition) is 3. The molecule has 0 unspecified atom stereocenters. The molecule has 0 aliphatic carbocycles. The van der Waals surface area contributed by atoms with Crippen LogP contribution in [-0.2, 0) is 13.1 Å². The smallest absolute Gasteiger partial charge is 0.176 e. The first-order valence-electron chi connectivity index (χ1n) is 9.28. The van der Waals surface area contributed by atoms with E-state index in [9.17, 15) is 8.78 Å². The molecule has 4 aromatic rings. The topological polar surface area (TPSA) is 59.7 Å². The molecule has 6 nitrogen and oxygen atoms in total. The van der Waals surface area contributed by atoms with Crippen molar-refractivity contribution in [1.82, 2.24) is 19.6 Å². The molecule has 4 rings (SSSR count). The summed E-state index contributed by atoms with van der Waals surface area (Å²) in [5.74, 6) is -0.154. The van der Waals surface area contributed by atoms with Crippen LogP contribution in [0.5, 0.6) is 0 Å². The molecule has 0 amide bonds. The minimum Gasteiger partial charge on any atom is -0.330 e. The average Bonchev–Trinajstić information content (AvgIpc) is 3.36. The van der Waals surface area contributed by atoms with Crippen molar-refractivity contribution in [3.05, 3.63) is 94.9 Å². The van der Waals surface area contributed by atoms with Crippen LogP contribution in [-0.4, -0.2) is 24.7 Å². The molecular formula is C21H17ClF2N6S. The minimum atomic E-state index is -0.388. The summed E-state index contributed by atoms with van der Waals surface area (Å²) in [6.07, 6.45) is 4.99. The SMILES string of the molecule is Fc1ccccc1Cn1ccc(NC(=S)Nc2cnn(Cc3c(F)cccc3Cl)c2)n1. The zero-order chi connectivity index (χ0) is 21.8. The third kappa shape index (κ3) is 5.25. The third-order valence-corrected chi connectivity index (χ3v) is 5.00. The van der Waals surface area contributed by atoms with Gasteiger partial charge in [0.1, 0.15) is 11.6 Å². The summed E-state index contributed by atoms with van der Waals surface area (Å²) in [6.45, 7) is 0.494. The summed E-state index contributed by atoms with van der Waals surface area (Å²) in [7, 11) is 0. The number of hydrogen-bond donors (Lipinski definition) is 2. The monoisotopic (exact) mass is 458 g/mol. The van der Waals surface area contributed by atoms with Crippen molar-refractivity contribution in [3.8, 4) is 0 Å². The van der Waals surface area contributed by atoms with Crippen molar-refractivity contribution >= 4 is 40.4 Å². The van der Waals surface area contributed by atoms with Gasteiger partial charge in [-0.05, 0) is 30.4 Å². The maximum atomic E-state index is 14.0. The molecular weight excluding hydrogens is 442 g/mol. The average molecular weight is 459 g/mol. The van der Waals surface area contributed by atoms with Gasteiger partial charge in [-0.15, -0.1) is 0 Å². The van der Waals surface area contributed by atoms with Crippen molar-refractivity contribution < 1.29 is 8.78 Å². The summed E-state index contributed by atoms with van der Waals surface area (Å²) in [5.41, 5.74) is 1.52. The number of nitrogens with one attached hydrogen (secondary N) is 2. The zero-order valence-electron chi connectivity index (χ0n) is 16.1. The minimum absolute atomic E-state index is 0.188. The number of thiocarbonyl (C=S) groups is 1. The van der Waals surface area contributed by atoms with E-state index in [0.29, 0.717) is 39.3 Å². The van der Waals surface area contributed by atoms with Crippen LogP contribution in [0.15, 0.2) is 67.1 Å². The Kier molecular flexibility index (Phi) is 6.24. The molecule has 0 saturated heterocycles. The molecule has 0 aliphatic heterocycles. The van der Waals surface area contributed by atoms with Crippen LogP contribution in [0.1, 0.15) is 11.1 Å². The van der Waals surface area contributed by atoms with Crippen LogP contribution in [0.25, 0.3) is 0 Å². The number of benzene rings is 2. The molecule has 2 N–H and O–H groups in total. The second-order valence-electron chi connectivity index (χ2n) is 6.70. The van der Waals surface area contributed by atoms with Gasteiger partial charge in [-0.2, -0.15) is 10.2 Å².